The van der Waals surface area contributed by atoms with E-state index in [0.29, 0.717) is 6.54 Å². The SMILES string of the molecule is C.Cc1noc(C)c1-c1ccc2c(c1)C(c1ccsc1)(N1CCC[C@@H](O)C1)C(=O)N2. The molecule has 0 bridgehead atoms. The first kappa shape index (κ1) is 20.8. The second-order valence-electron chi connectivity index (χ2n) is 7.88. The first-order chi connectivity index (χ1) is 14.0. The molecule has 3 aromatic rings. The number of likely N-dealkylation sites (tertiary alicyclic amines) is 1. The van der Waals surface area contributed by atoms with Gasteiger partial charge in [-0.15, -0.1) is 0 Å². The molecule has 1 unspecified atom stereocenters. The molecule has 0 spiro atoms. The first-order valence-electron chi connectivity index (χ1n) is 9.87. The van der Waals surface area contributed by atoms with E-state index in [0.717, 1.165) is 58.8 Å². The predicted molar refractivity (Wildman–Crippen MR) is 119 cm³/mol. The van der Waals surface area contributed by atoms with Gasteiger partial charge in [0, 0.05) is 29.9 Å². The number of aryl methyl sites for hydroxylation is 2. The van der Waals surface area contributed by atoms with Crippen LogP contribution in [-0.4, -0.2) is 40.3 Å². The molecule has 30 heavy (non-hydrogen) atoms. The van der Waals surface area contributed by atoms with E-state index in [9.17, 15) is 9.90 Å². The number of piperidine rings is 1. The summed E-state index contributed by atoms with van der Waals surface area (Å²) >= 11 is 1.58. The van der Waals surface area contributed by atoms with Crippen LogP contribution in [0.2, 0.25) is 0 Å². The number of amides is 1. The third-order valence-electron chi connectivity index (χ3n) is 6.12. The van der Waals surface area contributed by atoms with Gasteiger partial charge in [0.15, 0.2) is 5.54 Å². The number of aliphatic hydroxyl groups is 1. The number of hydrogen-bond donors (Lipinski definition) is 2. The van der Waals surface area contributed by atoms with Gasteiger partial charge in [-0.2, -0.15) is 11.3 Å². The molecule has 1 amide bonds. The van der Waals surface area contributed by atoms with Crippen molar-refractivity contribution in [3.8, 4) is 11.1 Å². The summed E-state index contributed by atoms with van der Waals surface area (Å²) in [6, 6.07) is 8.06. The number of aromatic nitrogens is 1. The summed E-state index contributed by atoms with van der Waals surface area (Å²) in [7, 11) is 0. The molecule has 5 rings (SSSR count). The number of hydrogen-bond acceptors (Lipinski definition) is 6. The smallest absolute Gasteiger partial charge is 0.254 e. The highest BCUT2D eigenvalue weighted by Gasteiger charge is 2.53. The van der Waals surface area contributed by atoms with Crippen molar-refractivity contribution >= 4 is 22.9 Å². The maximum absolute atomic E-state index is 13.5. The summed E-state index contributed by atoms with van der Waals surface area (Å²) in [4.78, 5) is 15.7. The molecule has 1 aromatic carbocycles. The van der Waals surface area contributed by atoms with Crippen LogP contribution >= 0.6 is 11.3 Å². The molecular formula is C23H27N3O3S. The fourth-order valence-corrected chi connectivity index (χ4v) is 5.55. The van der Waals surface area contributed by atoms with E-state index in [-0.39, 0.29) is 13.3 Å². The van der Waals surface area contributed by atoms with E-state index in [1.165, 1.54) is 0 Å². The number of thiophene rings is 1. The molecule has 158 valence electrons. The Morgan fingerprint density at radius 1 is 1.33 bits per heavy atom. The highest BCUT2D eigenvalue weighted by molar-refractivity contribution is 7.08. The molecule has 2 aromatic heterocycles. The van der Waals surface area contributed by atoms with Crippen molar-refractivity contribution in [1.29, 1.82) is 0 Å². The number of nitrogens with zero attached hydrogens (tertiary/aromatic N) is 2. The average molecular weight is 426 g/mol. The number of rotatable bonds is 3. The second kappa shape index (κ2) is 7.65. The van der Waals surface area contributed by atoms with E-state index < -0.39 is 11.6 Å². The lowest BCUT2D eigenvalue weighted by molar-refractivity contribution is -0.127. The maximum atomic E-state index is 13.5. The Kier molecular flexibility index (Phi) is 5.30. The van der Waals surface area contributed by atoms with E-state index in [4.69, 9.17) is 4.52 Å². The minimum Gasteiger partial charge on any atom is -0.392 e. The topological polar surface area (TPSA) is 78.6 Å². The van der Waals surface area contributed by atoms with E-state index in [1.807, 2.05) is 42.8 Å². The Hall–Kier alpha value is -2.48. The van der Waals surface area contributed by atoms with Crippen molar-refractivity contribution in [3.63, 3.8) is 0 Å². The zero-order valence-corrected chi connectivity index (χ0v) is 17.3. The highest BCUT2D eigenvalue weighted by atomic mass is 32.1. The minimum atomic E-state index is -0.939. The number of nitrogens with one attached hydrogen (secondary N) is 1. The molecule has 2 atom stereocenters. The summed E-state index contributed by atoms with van der Waals surface area (Å²) in [5, 5.41) is 21.6. The minimum absolute atomic E-state index is 0. The van der Waals surface area contributed by atoms with Crippen molar-refractivity contribution in [3.05, 3.63) is 57.6 Å². The Morgan fingerprint density at radius 2 is 2.17 bits per heavy atom. The first-order valence-corrected chi connectivity index (χ1v) is 10.8. The lowest BCUT2D eigenvalue weighted by Gasteiger charge is -2.43. The van der Waals surface area contributed by atoms with Gasteiger partial charge in [-0.1, -0.05) is 18.6 Å². The van der Waals surface area contributed by atoms with Gasteiger partial charge in [0.1, 0.15) is 5.76 Å². The largest absolute Gasteiger partial charge is 0.392 e. The Labute approximate surface area is 180 Å². The summed E-state index contributed by atoms with van der Waals surface area (Å²) in [5.74, 6) is 0.699. The normalized spacial score (nSPS) is 23.7. The second-order valence-corrected chi connectivity index (χ2v) is 8.66. The molecule has 0 saturated carbocycles. The van der Waals surface area contributed by atoms with Crippen LogP contribution in [0.15, 0.2) is 39.5 Å². The highest BCUT2D eigenvalue weighted by Crippen LogP contribution is 2.48. The lowest BCUT2D eigenvalue weighted by Crippen LogP contribution is -2.56. The molecule has 0 aliphatic carbocycles. The zero-order chi connectivity index (χ0) is 20.2. The van der Waals surface area contributed by atoms with Gasteiger partial charge >= 0.3 is 0 Å². The van der Waals surface area contributed by atoms with Crippen LogP contribution in [0.3, 0.4) is 0 Å². The number of fused-ring (bicyclic) bond motifs is 1. The third kappa shape index (κ3) is 2.92. The average Bonchev–Trinajstić information content (AvgIpc) is 3.40. The van der Waals surface area contributed by atoms with Crippen LogP contribution in [0.1, 0.15) is 42.8 Å². The van der Waals surface area contributed by atoms with Crippen LogP contribution in [-0.2, 0) is 10.3 Å². The van der Waals surface area contributed by atoms with E-state index in [2.05, 4.69) is 21.4 Å². The number of β-amino-alcohol motifs (C(OH)–C–C–N with tert-alkyl or cyclic N) is 1. The quantitative estimate of drug-likeness (QED) is 0.654. The van der Waals surface area contributed by atoms with Crippen LogP contribution in [0.5, 0.6) is 0 Å². The maximum Gasteiger partial charge on any atom is 0.254 e. The number of carbonyl (C=O) groups excluding carboxylic acids is 1. The number of aliphatic hydroxyl groups excluding tert-OH is 1. The van der Waals surface area contributed by atoms with Gasteiger partial charge in [-0.25, -0.2) is 0 Å². The van der Waals surface area contributed by atoms with Gasteiger partial charge in [-0.3, -0.25) is 9.69 Å². The van der Waals surface area contributed by atoms with Gasteiger partial charge in [-0.05, 0) is 66.8 Å². The fraction of sp³-hybridized carbons (Fsp3) is 0.391. The van der Waals surface area contributed by atoms with Gasteiger partial charge in [0.25, 0.3) is 5.91 Å². The van der Waals surface area contributed by atoms with Gasteiger partial charge in [0.05, 0.1) is 11.8 Å². The number of carbonyl (C=O) groups is 1. The summed E-state index contributed by atoms with van der Waals surface area (Å²) in [6.45, 7) is 5.06. The molecule has 6 nitrogen and oxygen atoms in total. The molecule has 1 fully saturated rings. The van der Waals surface area contributed by atoms with Crippen LogP contribution in [0.4, 0.5) is 5.69 Å². The molecular weight excluding hydrogens is 398 g/mol. The Bertz CT molecular complexity index is 1060. The Morgan fingerprint density at radius 3 is 2.83 bits per heavy atom. The molecule has 2 aliphatic heterocycles. The van der Waals surface area contributed by atoms with Crippen LogP contribution in [0, 0.1) is 13.8 Å². The summed E-state index contributed by atoms with van der Waals surface area (Å²) in [5.41, 5.74) is 4.52. The standard InChI is InChI=1S/C22H23N3O3S.CH4/c1-13-20(14(2)28-24-13)15-5-6-19-18(10-15)22(21(27)23-19,16-7-9-29-12-16)25-8-3-4-17(26)11-25;/h5-7,9-10,12,17,26H,3-4,8,11H2,1-2H3,(H,23,27);1H4/t17-,22?;/m1./s1. The molecule has 4 heterocycles. The van der Waals surface area contributed by atoms with Crippen molar-refractivity contribution in [2.24, 2.45) is 0 Å². The van der Waals surface area contributed by atoms with Crippen LogP contribution in [0.25, 0.3) is 11.1 Å². The lowest BCUT2D eigenvalue weighted by atomic mass is 9.81. The predicted octanol–water partition coefficient (Wildman–Crippen LogP) is 4.31. The summed E-state index contributed by atoms with van der Waals surface area (Å²) < 4.78 is 5.37. The molecule has 0 radical (unpaired) electrons. The van der Waals surface area contributed by atoms with Crippen molar-refractivity contribution in [2.75, 3.05) is 18.4 Å². The van der Waals surface area contributed by atoms with E-state index in [1.54, 1.807) is 11.3 Å². The van der Waals surface area contributed by atoms with Crippen LogP contribution < -0.4 is 5.32 Å². The zero-order valence-electron chi connectivity index (χ0n) is 16.4. The number of benzene rings is 1. The fourth-order valence-electron chi connectivity index (χ4n) is 4.85. The van der Waals surface area contributed by atoms with Gasteiger partial charge in [0.2, 0.25) is 0 Å². The monoisotopic (exact) mass is 425 g/mol. The van der Waals surface area contributed by atoms with E-state index >= 15 is 0 Å². The number of anilines is 1. The van der Waals surface area contributed by atoms with Gasteiger partial charge < -0.3 is 14.9 Å². The van der Waals surface area contributed by atoms with Crippen molar-refractivity contribution < 1.29 is 14.4 Å². The Balaban J connectivity index is 0.00000218. The van der Waals surface area contributed by atoms with Crippen molar-refractivity contribution in [2.45, 2.75) is 45.8 Å². The molecule has 7 heteroatoms. The molecule has 2 N–H and O–H groups in total. The van der Waals surface area contributed by atoms with Crippen molar-refractivity contribution in [1.82, 2.24) is 10.1 Å². The third-order valence-corrected chi connectivity index (χ3v) is 6.80. The summed E-state index contributed by atoms with van der Waals surface area (Å²) in [6.07, 6.45) is 1.20. The molecule has 2 aliphatic rings. The molecule has 1 saturated heterocycles.